The number of ether oxygens (including phenoxy) is 1. The Morgan fingerprint density at radius 2 is 2.19 bits per heavy atom. The van der Waals surface area contributed by atoms with Crippen LogP contribution in [-0.2, 0) is 6.61 Å². The molecule has 0 saturated heterocycles. The van der Waals surface area contributed by atoms with Gasteiger partial charge in [-0.05, 0) is 36.8 Å². The van der Waals surface area contributed by atoms with Gasteiger partial charge in [0.05, 0.1) is 5.69 Å². The molecule has 142 valence electrons. The number of unbranched alkanes of at least 4 members (excludes halogenated alkanes) is 1. The normalized spacial score (nSPS) is 12.1. The third-order valence-corrected chi connectivity index (χ3v) is 4.42. The first-order valence-electron chi connectivity index (χ1n) is 9.36. The molecule has 0 saturated carbocycles. The number of nitrogens with one attached hydrogen (secondary N) is 1. The number of nitrogens with two attached hydrogens (primary N) is 1. The maximum absolute atomic E-state index is 12.5. The van der Waals surface area contributed by atoms with Gasteiger partial charge in [0.25, 0.3) is 5.91 Å². The van der Waals surface area contributed by atoms with Gasteiger partial charge in [0, 0.05) is 30.5 Å². The summed E-state index contributed by atoms with van der Waals surface area (Å²) in [6.45, 7) is 2.91. The van der Waals surface area contributed by atoms with E-state index in [2.05, 4.69) is 17.2 Å². The molecule has 6 heteroatoms. The minimum Gasteiger partial charge on any atom is -0.487 e. The SMILES string of the molecule is CCCCC(CN)NC(=O)c1cccc(OCc2cn3ccccc3n2)c1. The number of carbonyl (C=O) groups excluding carboxylic acids is 1. The van der Waals surface area contributed by atoms with Gasteiger partial charge < -0.3 is 20.2 Å². The molecule has 1 atom stereocenters. The summed E-state index contributed by atoms with van der Waals surface area (Å²) in [5.41, 5.74) is 8.04. The number of nitrogens with zero attached hydrogens (tertiary/aromatic N) is 2. The molecule has 1 unspecified atom stereocenters. The van der Waals surface area contributed by atoms with E-state index in [-0.39, 0.29) is 11.9 Å². The topological polar surface area (TPSA) is 81.6 Å². The Hall–Kier alpha value is -2.86. The Kier molecular flexibility index (Phi) is 6.44. The molecule has 6 nitrogen and oxygen atoms in total. The largest absolute Gasteiger partial charge is 0.487 e. The summed E-state index contributed by atoms with van der Waals surface area (Å²) in [7, 11) is 0. The smallest absolute Gasteiger partial charge is 0.251 e. The van der Waals surface area contributed by atoms with E-state index in [0.29, 0.717) is 24.5 Å². The van der Waals surface area contributed by atoms with E-state index in [1.54, 1.807) is 12.1 Å². The minimum atomic E-state index is -0.125. The summed E-state index contributed by atoms with van der Waals surface area (Å²) >= 11 is 0. The molecule has 2 heterocycles. The third-order valence-electron chi connectivity index (χ3n) is 4.42. The van der Waals surface area contributed by atoms with Gasteiger partial charge in [-0.15, -0.1) is 0 Å². The molecule has 3 aromatic rings. The molecule has 2 aromatic heterocycles. The van der Waals surface area contributed by atoms with Crippen molar-refractivity contribution < 1.29 is 9.53 Å². The Morgan fingerprint density at radius 1 is 1.30 bits per heavy atom. The molecule has 0 fully saturated rings. The van der Waals surface area contributed by atoms with Crippen molar-refractivity contribution in [1.82, 2.24) is 14.7 Å². The summed E-state index contributed by atoms with van der Waals surface area (Å²) in [5.74, 6) is 0.511. The van der Waals surface area contributed by atoms with Crippen LogP contribution in [0.1, 0.15) is 42.2 Å². The summed E-state index contributed by atoms with van der Waals surface area (Å²) in [4.78, 5) is 17.0. The van der Waals surface area contributed by atoms with E-state index in [4.69, 9.17) is 10.5 Å². The van der Waals surface area contributed by atoms with E-state index in [1.807, 2.05) is 47.1 Å². The lowest BCUT2D eigenvalue weighted by molar-refractivity contribution is 0.0935. The number of pyridine rings is 1. The number of aromatic nitrogens is 2. The van der Waals surface area contributed by atoms with Gasteiger partial charge in [0.1, 0.15) is 18.0 Å². The molecular formula is C21H26N4O2. The minimum absolute atomic E-state index is 0.00000209. The highest BCUT2D eigenvalue weighted by molar-refractivity contribution is 5.94. The number of benzene rings is 1. The summed E-state index contributed by atoms with van der Waals surface area (Å²) in [5, 5.41) is 3.00. The Balaban J connectivity index is 1.61. The first-order chi connectivity index (χ1) is 13.2. The summed E-state index contributed by atoms with van der Waals surface area (Å²) in [6, 6.07) is 13.0. The van der Waals surface area contributed by atoms with E-state index < -0.39 is 0 Å². The standard InChI is InChI=1S/C21H26N4O2/c1-2-3-8-17(13-22)24-21(26)16-7-6-9-19(12-16)27-15-18-14-25-11-5-4-10-20(25)23-18/h4-7,9-12,14,17H,2-3,8,13,15,22H2,1H3,(H,24,26). The van der Waals surface area contributed by atoms with Crippen molar-refractivity contribution in [1.29, 1.82) is 0 Å². The monoisotopic (exact) mass is 366 g/mol. The fraction of sp³-hybridized carbons (Fsp3) is 0.333. The van der Waals surface area contributed by atoms with Crippen molar-refractivity contribution in [2.24, 2.45) is 5.73 Å². The molecule has 1 aromatic carbocycles. The van der Waals surface area contributed by atoms with Crippen molar-refractivity contribution in [3.63, 3.8) is 0 Å². The maximum Gasteiger partial charge on any atom is 0.251 e. The fourth-order valence-corrected chi connectivity index (χ4v) is 2.91. The molecule has 0 aliphatic rings. The molecular weight excluding hydrogens is 340 g/mol. The summed E-state index contributed by atoms with van der Waals surface area (Å²) < 4.78 is 7.78. The van der Waals surface area contributed by atoms with Gasteiger partial charge in [-0.3, -0.25) is 4.79 Å². The van der Waals surface area contributed by atoms with Crippen LogP contribution in [0.2, 0.25) is 0 Å². The van der Waals surface area contributed by atoms with E-state index in [1.165, 1.54) is 0 Å². The molecule has 1 amide bonds. The highest BCUT2D eigenvalue weighted by atomic mass is 16.5. The quantitative estimate of drug-likeness (QED) is 0.609. The molecule has 3 rings (SSSR count). The van der Waals surface area contributed by atoms with Crippen LogP contribution in [0.25, 0.3) is 5.65 Å². The van der Waals surface area contributed by atoms with Crippen LogP contribution in [-0.4, -0.2) is 27.9 Å². The number of carbonyl (C=O) groups is 1. The second-order valence-electron chi connectivity index (χ2n) is 6.56. The van der Waals surface area contributed by atoms with Crippen LogP contribution in [0.3, 0.4) is 0 Å². The van der Waals surface area contributed by atoms with Gasteiger partial charge in [-0.1, -0.05) is 31.9 Å². The zero-order valence-electron chi connectivity index (χ0n) is 15.6. The predicted molar refractivity (Wildman–Crippen MR) is 106 cm³/mol. The van der Waals surface area contributed by atoms with Gasteiger partial charge in [-0.2, -0.15) is 0 Å². The molecule has 0 radical (unpaired) electrons. The molecule has 0 aliphatic heterocycles. The van der Waals surface area contributed by atoms with E-state index in [9.17, 15) is 4.79 Å². The second-order valence-corrected chi connectivity index (χ2v) is 6.56. The zero-order valence-corrected chi connectivity index (χ0v) is 15.6. The zero-order chi connectivity index (χ0) is 19.1. The number of hydrogen-bond acceptors (Lipinski definition) is 4. The molecule has 0 aliphatic carbocycles. The van der Waals surface area contributed by atoms with Crippen LogP contribution >= 0.6 is 0 Å². The lowest BCUT2D eigenvalue weighted by Gasteiger charge is -2.16. The number of rotatable bonds is 9. The second kappa shape index (κ2) is 9.19. The molecule has 27 heavy (non-hydrogen) atoms. The first kappa shape index (κ1) is 18.9. The fourth-order valence-electron chi connectivity index (χ4n) is 2.91. The number of imidazole rings is 1. The van der Waals surface area contributed by atoms with Crippen LogP contribution in [0, 0.1) is 0 Å². The molecule has 0 bridgehead atoms. The van der Waals surface area contributed by atoms with Crippen molar-refractivity contribution in [2.45, 2.75) is 38.8 Å². The van der Waals surface area contributed by atoms with E-state index in [0.717, 1.165) is 30.6 Å². The summed E-state index contributed by atoms with van der Waals surface area (Å²) in [6.07, 6.45) is 6.90. The van der Waals surface area contributed by atoms with Crippen molar-refractivity contribution in [2.75, 3.05) is 6.54 Å². The third kappa shape index (κ3) is 5.08. The van der Waals surface area contributed by atoms with Crippen molar-refractivity contribution >= 4 is 11.6 Å². The van der Waals surface area contributed by atoms with E-state index >= 15 is 0 Å². The average Bonchev–Trinajstić information content (AvgIpc) is 3.12. The van der Waals surface area contributed by atoms with Gasteiger partial charge >= 0.3 is 0 Å². The Labute approximate surface area is 159 Å². The predicted octanol–water partition coefficient (Wildman–Crippen LogP) is 3.16. The Morgan fingerprint density at radius 3 is 2.96 bits per heavy atom. The first-order valence-corrected chi connectivity index (χ1v) is 9.36. The van der Waals surface area contributed by atoms with Crippen molar-refractivity contribution in [3.8, 4) is 5.75 Å². The lowest BCUT2D eigenvalue weighted by atomic mass is 10.1. The number of amides is 1. The molecule has 3 N–H and O–H groups in total. The van der Waals surface area contributed by atoms with Gasteiger partial charge in [0.2, 0.25) is 0 Å². The highest BCUT2D eigenvalue weighted by Gasteiger charge is 2.13. The average molecular weight is 366 g/mol. The highest BCUT2D eigenvalue weighted by Crippen LogP contribution is 2.16. The van der Waals surface area contributed by atoms with Crippen LogP contribution < -0.4 is 15.8 Å². The number of fused-ring (bicyclic) bond motifs is 1. The van der Waals surface area contributed by atoms with Gasteiger partial charge in [-0.25, -0.2) is 4.98 Å². The van der Waals surface area contributed by atoms with Crippen LogP contribution in [0.5, 0.6) is 5.75 Å². The molecule has 0 spiro atoms. The van der Waals surface area contributed by atoms with Gasteiger partial charge in [0.15, 0.2) is 0 Å². The lowest BCUT2D eigenvalue weighted by Crippen LogP contribution is -2.40. The number of hydrogen-bond donors (Lipinski definition) is 2. The Bertz CT molecular complexity index is 858. The van der Waals surface area contributed by atoms with Crippen LogP contribution in [0.4, 0.5) is 0 Å². The maximum atomic E-state index is 12.5. The van der Waals surface area contributed by atoms with Crippen molar-refractivity contribution in [3.05, 3.63) is 66.1 Å². The van der Waals surface area contributed by atoms with Crippen LogP contribution in [0.15, 0.2) is 54.9 Å².